The van der Waals surface area contributed by atoms with Crippen molar-refractivity contribution in [1.29, 1.82) is 0 Å². The van der Waals surface area contributed by atoms with E-state index in [1.165, 1.54) is 22.5 Å². The fraction of sp³-hybridized carbons (Fsp3) is 0. The van der Waals surface area contributed by atoms with Gasteiger partial charge in [-0.1, -0.05) is 0 Å². The first-order valence-electron chi connectivity index (χ1n) is 1.15. The fourth-order valence-electron chi connectivity index (χ4n) is 0.0962. The maximum atomic E-state index is 4.33. The molecule has 1 aromatic rings. The summed E-state index contributed by atoms with van der Waals surface area (Å²) in [6, 6.07) is 0. The summed E-state index contributed by atoms with van der Waals surface area (Å²) in [6.45, 7) is 0. The van der Waals surface area contributed by atoms with Crippen LogP contribution in [-0.4, -0.2) is 22.5 Å². The number of hydrogen-bond donors (Lipinski definition) is 0. The summed E-state index contributed by atoms with van der Waals surface area (Å²) in [7, 11) is 0. The van der Waals surface area contributed by atoms with E-state index in [0.717, 1.165) is 3.78 Å². The Bertz CT molecular complexity index is 89.8. The van der Waals surface area contributed by atoms with Crippen molar-refractivity contribution in [2.45, 2.75) is 0 Å². The Kier molecular flexibility index (Phi) is 0.721. The molecule has 1 aromatic heterocycles. The molecule has 3 heteroatoms. The average molecular weight is 176 g/mol. The molecule has 0 atom stereocenters. The Morgan fingerprint density at radius 1 is 1.80 bits per heavy atom. The molecule has 0 aliphatic heterocycles. The van der Waals surface area contributed by atoms with Crippen LogP contribution in [0.25, 0.3) is 0 Å². The Hall–Kier alpha value is 0.139. The van der Waals surface area contributed by atoms with Crippen LogP contribution in [0, 0.1) is 0 Å². The van der Waals surface area contributed by atoms with Crippen LogP contribution < -0.4 is 3.78 Å². The van der Waals surface area contributed by atoms with Gasteiger partial charge in [0.2, 0.25) is 0 Å². The molecule has 0 saturated carbocycles. The van der Waals surface area contributed by atoms with Gasteiger partial charge in [-0.2, -0.15) is 0 Å². The molecule has 25 valence electrons. The monoisotopic (exact) mass is 177 g/mol. The topological polar surface area (TPSA) is 26.3 Å². The summed E-state index contributed by atoms with van der Waals surface area (Å²) in [5.74, 6) is 0. The van der Waals surface area contributed by atoms with Crippen LogP contribution in [-0.2, 0) is 0 Å². The molecule has 2 nitrogen and oxygen atoms in total. The van der Waals surface area contributed by atoms with E-state index in [9.17, 15) is 0 Å². The summed E-state index contributed by atoms with van der Waals surface area (Å²) in [4.78, 5) is 0. The molecule has 3 radical (unpaired) electrons. The van der Waals surface area contributed by atoms with E-state index in [1.54, 1.807) is 6.26 Å². The van der Waals surface area contributed by atoms with Crippen molar-refractivity contribution in [2.75, 3.05) is 0 Å². The first-order chi connectivity index (χ1) is 2.39. The van der Waals surface area contributed by atoms with E-state index in [-0.39, 0.29) is 0 Å². The molecule has 0 bridgehead atoms. The van der Waals surface area contributed by atoms with E-state index < -0.39 is 0 Å². The summed E-state index contributed by atoms with van der Waals surface area (Å²) < 4.78 is 9.45. The third-order valence-electron chi connectivity index (χ3n) is 0.293. The van der Waals surface area contributed by atoms with E-state index in [2.05, 4.69) is 9.15 Å². The van der Waals surface area contributed by atoms with Crippen molar-refractivity contribution in [3.05, 3.63) is 6.26 Å². The second-order valence-electron chi connectivity index (χ2n) is 0.662. The molecular weight excluding hydrogens is 175 g/mol. The van der Waals surface area contributed by atoms with Crippen LogP contribution in [0.2, 0.25) is 0 Å². The van der Waals surface area contributed by atoms with E-state index in [1.807, 2.05) is 0 Å². The minimum atomic E-state index is 0.928. The molecule has 0 fully saturated rings. The Balaban J connectivity index is 2.83. The van der Waals surface area contributed by atoms with Gasteiger partial charge in [-0.3, -0.25) is 0 Å². The standard InChI is InChI=1S/C2HO2.Sn/c1-2-4-3-1;/h1H;. The quantitative estimate of drug-likeness (QED) is 0.399. The Morgan fingerprint density at radius 2 is 2.20 bits per heavy atom. The second-order valence-corrected chi connectivity index (χ2v) is 2.07. The van der Waals surface area contributed by atoms with Gasteiger partial charge in [0.25, 0.3) is 0 Å². The van der Waals surface area contributed by atoms with Crippen molar-refractivity contribution in [2.24, 2.45) is 0 Å². The van der Waals surface area contributed by atoms with Crippen molar-refractivity contribution in [1.82, 2.24) is 0 Å². The van der Waals surface area contributed by atoms with Gasteiger partial charge in [-0.05, 0) is 0 Å². The molecule has 5 heavy (non-hydrogen) atoms. The Morgan fingerprint density at radius 3 is 2.20 bits per heavy atom. The molecule has 0 N–H and O–H groups in total. The summed E-state index contributed by atoms with van der Waals surface area (Å²) in [5, 5.41) is 0. The maximum absolute atomic E-state index is 4.33. The second kappa shape index (κ2) is 1.08. The first kappa shape index (κ1) is 3.33. The van der Waals surface area contributed by atoms with Gasteiger partial charge < -0.3 is 0 Å². The van der Waals surface area contributed by atoms with Gasteiger partial charge >= 0.3 is 41.7 Å². The molecule has 0 aliphatic rings. The van der Waals surface area contributed by atoms with Gasteiger partial charge in [0, 0.05) is 0 Å². The third kappa shape index (κ3) is 0.502. The van der Waals surface area contributed by atoms with Crippen molar-refractivity contribution >= 4 is 26.3 Å². The van der Waals surface area contributed by atoms with Crippen LogP contribution in [0.4, 0.5) is 0 Å². The average Bonchev–Trinajstić information content (AvgIpc) is 1.30. The summed E-state index contributed by atoms with van der Waals surface area (Å²) in [5.41, 5.74) is 0. The van der Waals surface area contributed by atoms with Crippen molar-refractivity contribution in [3.63, 3.8) is 0 Å². The molecule has 0 saturated heterocycles. The predicted octanol–water partition coefficient (Wildman–Crippen LogP) is -0.334. The molecule has 0 aliphatic carbocycles. The van der Waals surface area contributed by atoms with Gasteiger partial charge in [-0.15, -0.1) is 0 Å². The number of rotatable bonds is 0. The zero-order chi connectivity index (χ0) is 3.70. The van der Waals surface area contributed by atoms with Crippen molar-refractivity contribution < 1.29 is 9.15 Å². The van der Waals surface area contributed by atoms with Crippen LogP contribution in [0.1, 0.15) is 0 Å². The minimum absolute atomic E-state index is 0.928. The fourth-order valence-corrected chi connectivity index (χ4v) is 0.371. The molecule has 0 aromatic carbocycles. The predicted molar refractivity (Wildman–Crippen MR) is 16.4 cm³/mol. The van der Waals surface area contributed by atoms with Gasteiger partial charge in [0.1, 0.15) is 0 Å². The molecule has 0 unspecified atom stereocenters. The molecule has 0 spiro atoms. The van der Waals surface area contributed by atoms with Crippen LogP contribution in [0.5, 0.6) is 0 Å². The molecular formula is C2HO2Sn. The van der Waals surface area contributed by atoms with E-state index in [4.69, 9.17) is 0 Å². The SMILES string of the molecule is [Sn][c]1coo1. The van der Waals surface area contributed by atoms with E-state index in [0.29, 0.717) is 0 Å². The van der Waals surface area contributed by atoms with Gasteiger partial charge in [0.15, 0.2) is 0 Å². The summed E-state index contributed by atoms with van der Waals surface area (Å²) in [6.07, 6.45) is 1.58. The molecule has 1 rings (SSSR count). The third-order valence-corrected chi connectivity index (χ3v) is 0.867. The zero-order valence-corrected chi connectivity index (χ0v) is 5.25. The van der Waals surface area contributed by atoms with Crippen LogP contribution in [0.3, 0.4) is 0 Å². The number of hydrogen-bond acceptors (Lipinski definition) is 2. The van der Waals surface area contributed by atoms with Crippen LogP contribution in [0.15, 0.2) is 15.4 Å². The molecule has 1 heterocycles. The Labute approximate surface area is 42.2 Å². The van der Waals surface area contributed by atoms with Crippen molar-refractivity contribution in [3.8, 4) is 0 Å². The van der Waals surface area contributed by atoms with Gasteiger partial charge in [-0.25, -0.2) is 0 Å². The van der Waals surface area contributed by atoms with Crippen LogP contribution >= 0.6 is 0 Å². The summed E-state index contributed by atoms with van der Waals surface area (Å²) >= 11 is 1.27. The normalized spacial score (nSPS) is 9.00. The first-order valence-corrected chi connectivity index (χ1v) is 2.57. The zero-order valence-electron chi connectivity index (χ0n) is 2.39. The van der Waals surface area contributed by atoms with Gasteiger partial charge in [0.05, 0.1) is 0 Å². The van der Waals surface area contributed by atoms with E-state index >= 15 is 0 Å². The molecule has 0 amide bonds.